The number of rotatable bonds is 4. The van der Waals surface area contributed by atoms with Gasteiger partial charge in [0.05, 0.1) is 0 Å². The standard InChI is InChI=1S/C20H33N3O/c1-6-21-13-16-9-7-8-10-17(16)22-18(24)23-12-11-19(2,3)14-20(4,5)15-23/h7-10,21H,6,11-15H2,1-5H3,(H,22,24). The van der Waals surface area contributed by atoms with Crippen LogP contribution in [0.25, 0.3) is 0 Å². The van der Waals surface area contributed by atoms with Gasteiger partial charge in [0.2, 0.25) is 0 Å². The van der Waals surface area contributed by atoms with Crippen molar-refractivity contribution in [3.05, 3.63) is 29.8 Å². The Morgan fingerprint density at radius 1 is 1.17 bits per heavy atom. The molecular formula is C20H33N3O. The number of urea groups is 1. The minimum atomic E-state index is 0.0183. The molecule has 1 fully saturated rings. The van der Waals surface area contributed by atoms with Gasteiger partial charge >= 0.3 is 6.03 Å². The summed E-state index contributed by atoms with van der Waals surface area (Å²) in [5, 5.41) is 6.46. The van der Waals surface area contributed by atoms with Crippen LogP contribution in [0.2, 0.25) is 0 Å². The Labute approximate surface area is 147 Å². The molecule has 1 aromatic rings. The lowest BCUT2D eigenvalue weighted by atomic mass is 9.75. The van der Waals surface area contributed by atoms with Gasteiger partial charge in [0.1, 0.15) is 0 Å². The fourth-order valence-corrected chi connectivity index (χ4v) is 3.90. The Morgan fingerprint density at radius 3 is 2.58 bits per heavy atom. The highest BCUT2D eigenvalue weighted by Gasteiger charge is 2.35. The second-order valence-electron chi connectivity index (χ2n) is 8.54. The highest BCUT2D eigenvalue weighted by molar-refractivity contribution is 5.90. The summed E-state index contributed by atoms with van der Waals surface area (Å²) in [6, 6.07) is 8.05. The van der Waals surface area contributed by atoms with Crippen LogP contribution in [0.1, 0.15) is 53.0 Å². The molecule has 4 heteroatoms. The molecular weight excluding hydrogens is 298 g/mol. The van der Waals surface area contributed by atoms with Crippen molar-refractivity contribution in [2.24, 2.45) is 10.8 Å². The van der Waals surface area contributed by atoms with E-state index in [1.807, 2.05) is 23.1 Å². The van der Waals surface area contributed by atoms with Gasteiger partial charge in [-0.1, -0.05) is 52.8 Å². The summed E-state index contributed by atoms with van der Waals surface area (Å²) < 4.78 is 0. The van der Waals surface area contributed by atoms with Crippen molar-refractivity contribution in [2.45, 2.75) is 54.0 Å². The van der Waals surface area contributed by atoms with Crippen molar-refractivity contribution in [1.82, 2.24) is 10.2 Å². The SMILES string of the molecule is CCNCc1ccccc1NC(=O)N1CCC(C)(C)CC(C)(C)C1. The van der Waals surface area contributed by atoms with Crippen LogP contribution < -0.4 is 10.6 Å². The number of hydrogen-bond acceptors (Lipinski definition) is 2. The number of anilines is 1. The summed E-state index contributed by atoms with van der Waals surface area (Å²) in [5.74, 6) is 0. The number of carbonyl (C=O) groups excluding carboxylic acids is 1. The van der Waals surface area contributed by atoms with Crippen LogP contribution in [-0.2, 0) is 6.54 Å². The van der Waals surface area contributed by atoms with Crippen molar-refractivity contribution in [3.8, 4) is 0 Å². The van der Waals surface area contributed by atoms with Gasteiger partial charge in [-0.15, -0.1) is 0 Å². The van der Waals surface area contributed by atoms with Gasteiger partial charge in [-0.25, -0.2) is 4.79 Å². The van der Waals surface area contributed by atoms with Crippen LogP contribution >= 0.6 is 0 Å². The molecule has 134 valence electrons. The quantitative estimate of drug-likeness (QED) is 0.854. The molecule has 4 nitrogen and oxygen atoms in total. The van der Waals surface area contributed by atoms with E-state index < -0.39 is 0 Å². The number of nitrogens with zero attached hydrogens (tertiary/aromatic N) is 1. The molecule has 0 aromatic heterocycles. The van der Waals surface area contributed by atoms with Crippen LogP contribution in [0.4, 0.5) is 10.5 Å². The van der Waals surface area contributed by atoms with Crippen LogP contribution in [0.15, 0.2) is 24.3 Å². The molecule has 1 aliphatic rings. The van der Waals surface area contributed by atoms with Crippen LogP contribution in [-0.4, -0.2) is 30.6 Å². The lowest BCUT2D eigenvalue weighted by molar-refractivity contribution is 0.178. The third-order valence-electron chi connectivity index (χ3n) is 4.75. The Kier molecular flexibility index (Phi) is 5.92. The smallest absolute Gasteiger partial charge is 0.321 e. The van der Waals surface area contributed by atoms with Gasteiger partial charge in [0, 0.05) is 25.3 Å². The molecule has 1 aliphatic heterocycles. The number of amides is 2. The maximum atomic E-state index is 12.8. The minimum absolute atomic E-state index is 0.0183. The van der Waals surface area contributed by atoms with Crippen molar-refractivity contribution >= 4 is 11.7 Å². The zero-order chi connectivity index (χ0) is 17.8. The average molecular weight is 332 g/mol. The molecule has 24 heavy (non-hydrogen) atoms. The number of likely N-dealkylation sites (tertiary alicyclic amines) is 1. The van der Waals surface area contributed by atoms with Crippen molar-refractivity contribution in [1.29, 1.82) is 0 Å². The largest absolute Gasteiger partial charge is 0.324 e. The number of nitrogens with one attached hydrogen (secondary N) is 2. The summed E-state index contributed by atoms with van der Waals surface area (Å²) >= 11 is 0. The molecule has 0 spiro atoms. The molecule has 0 unspecified atom stereocenters. The molecule has 2 amide bonds. The van der Waals surface area contributed by atoms with Crippen molar-refractivity contribution < 1.29 is 4.79 Å². The first-order chi connectivity index (χ1) is 11.2. The third kappa shape index (κ3) is 5.23. The number of para-hydroxylation sites is 1. The second-order valence-corrected chi connectivity index (χ2v) is 8.54. The molecule has 1 aromatic carbocycles. The minimum Gasteiger partial charge on any atom is -0.324 e. The summed E-state index contributed by atoms with van der Waals surface area (Å²) in [5.41, 5.74) is 2.45. The van der Waals surface area contributed by atoms with Crippen LogP contribution in [0, 0.1) is 10.8 Å². The third-order valence-corrected chi connectivity index (χ3v) is 4.75. The molecule has 0 radical (unpaired) electrons. The van der Waals surface area contributed by atoms with E-state index in [-0.39, 0.29) is 16.9 Å². The van der Waals surface area contributed by atoms with Gasteiger partial charge in [-0.2, -0.15) is 0 Å². The van der Waals surface area contributed by atoms with Crippen LogP contribution in [0.5, 0.6) is 0 Å². The van der Waals surface area contributed by atoms with Crippen molar-refractivity contribution in [3.63, 3.8) is 0 Å². The van der Waals surface area contributed by atoms with E-state index >= 15 is 0 Å². The highest BCUT2D eigenvalue weighted by atomic mass is 16.2. The first kappa shape index (κ1) is 18.8. The maximum Gasteiger partial charge on any atom is 0.321 e. The maximum absolute atomic E-state index is 12.8. The van der Waals surface area contributed by atoms with Gasteiger partial charge in [-0.05, 0) is 41.8 Å². The molecule has 0 atom stereocenters. The molecule has 0 saturated carbocycles. The fraction of sp³-hybridized carbons (Fsp3) is 0.650. The normalized spacial score (nSPS) is 19.6. The molecule has 1 saturated heterocycles. The first-order valence-electron chi connectivity index (χ1n) is 9.07. The Bertz CT molecular complexity index is 566. The molecule has 0 bridgehead atoms. The predicted octanol–water partition coefficient (Wildman–Crippen LogP) is 4.48. The van der Waals surface area contributed by atoms with Crippen LogP contribution in [0.3, 0.4) is 0 Å². The van der Waals surface area contributed by atoms with Gasteiger partial charge in [0.25, 0.3) is 0 Å². The Morgan fingerprint density at radius 2 is 1.88 bits per heavy atom. The van der Waals surface area contributed by atoms with Crippen molar-refractivity contribution in [2.75, 3.05) is 25.0 Å². The summed E-state index contributed by atoms with van der Waals surface area (Å²) in [6.45, 7) is 14.5. The van der Waals surface area contributed by atoms with Gasteiger partial charge < -0.3 is 15.5 Å². The van der Waals surface area contributed by atoms with Gasteiger partial charge in [0.15, 0.2) is 0 Å². The zero-order valence-corrected chi connectivity index (χ0v) is 15.9. The lowest BCUT2D eigenvalue weighted by Gasteiger charge is -2.32. The summed E-state index contributed by atoms with van der Waals surface area (Å²) in [6.07, 6.45) is 2.18. The summed E-state index contributed by atoms with van der Waals surface area (Å²) in [7, 11) is 0. The fourth-order valence-electron chi connectivity index (χ4n) is 3.90. The van der Waals surface area contributed by atoms with E-state index in [2.05, 4.69) is 51.3 Å². The number of hydrogen-bond donors (Lipinski definition) is 2. The zero-order valence-electron chi connectivity index (χ0n) is 15.9. The highest BCUT2D eigenvalue weighted by Crippen LogP contribution is 2.39. The lowest BCUT2D eigenvalue weighted by Crippen LogP contribution is -2.40. The summed E-state index contributed by atoms with van der Waals surface area (Å²) in [4.78, 5) is 14.8. The molecule has 2 N–H and O–H groups in total. The number of carbonyl (C=O) groups is 1. The van der Waals surface area contributed by atoms with E-state index in [9.17, 15) is 4.79 Å². The number of benzene rings is 1. The average Bonchev–Trinajstić information content (AvgIpc) is 2.60. The van der Waals surface area contributed by atoms with E-state index in [1.165, 1.54) is 0 Å². The second kappa shape index (κ2) is 7.56. The van der Waals surface area contributed by atoms with Gasteiger partial charge in [-0.3, -0.25) is 0 Å². The first-order valence-corrected chi connectivity index (χ1v) is 9.07. The topological polar surface area (TPSA) is 44.4 Å². The Hall–Kier alpha value is -1.55. The molecule has 0 aliphatic carbocycles. The van der Waals surface area contributed by atoms with E-state index in [0.29, 0.717) is 0 Å². The predicted molar refractivity (Wildman–Crippen MR) is 101 cm³/mol. The van der Waals surface area contributed by atoms with E-state index in [0.717, 1.165) is 50.3 Å². The van der Waals surface area contributed by atoms with E-state index in [1.54, 1.807) is 0 Å². The Balaban J connectivity index is 2.09. The molecule has 1 heterocycles. The molecule has 2 rings (SSSR count). The van der Waals surface area contributed by atoms with E-state index in [4.69, 9.17) is 0 Å². The monoisotopic (exact) mass is 331 g/mol.